The number of nitrogen functional groups attached to an aromatic ring is 1. The number of aromatic hydroxyl groups is 1. The lowest BCUT2D eigenvalue weighted by Crippen LogP contribution is -2.11. The molecule has 1 atom stereocenters. The van der Waals surface area contributed by atoms with Gasteiger partial charge in [0.25, 0.3) is 0 Å². The summed E-state index contributed by atoms with van der Waals surface area (Å²) >= 11 is 0. The summed E-state index contributed by atoms with van der Waals surface area (Å²) in [6.45, 7) is 5.52. The average molecular weight is 192 g/mol. The normalized spacial score (nSPS) is 12.4. The molecule has 3 nitrogen and oxygen atoms in total. The molecule has 14 heavy (non-hydrogen) atoms. The maximum atomic E-state index is 9.74. The largest absolute Gasteiger partial charge is 0.505 e. The molecule has 0 aliphatic carbocycles. The molecule has 0 amide bonds. The van der Waals surface area contributed by atoms with Crippen LogP contribution in [0.3, 0.4) is 0 Å². The van der Waals surface area contributed by atoms with Gasteiger partial charge in [-0.1, -0.05) is 12.1 Å². The highest BCUT2D eigenvalue weighted by molar-refractivity contribution is 5.59. The Morgan fingerprint density at radius 1 is 1.57 bits per heavy atom. The summed E-state index contributed by atoms with van der Waals surface area (Å²) < 4.78 is 0. The number of rotatable bonds is 3. The SMILES string of the molecule is C=CC[C@H](N)c1c(C)ccc(N)c1O. The van der Waals surface area contributed by atoms with E-state index in [4.69, 9.17) is 11.5 Å². The van der Waals surface area contributed by atoms with Gasteiger partial charge in [-0.05, 0) is 25.0 Å². The number of hydrogen-bond donors (Lipinski definition) is 3. The van der Waals surface area contributed by atoms with E-state index in [2.05, 4.69) is 6.58 Å². The number of hydrogen-bond acceptors (Lipinski definition) is 3. The minimum atomic E-state index is -0.240. The minimum absolute atomic E-state index is 0.0966. The second-order valence-electron chi connectivity index (χ2n) is 3.36. The second kappa shape index (κ2) is 4.15. The van der Waals surface area contributed by atoms with Crippen LogP contribution in [0.4, 0.5) is 5.69 Å². The van der Waals surface area contributed by atoms with Crippen molar-refractivity contribution in [3.8, 4) is 5.75 Å². The van der Waals surface area contributed by atoms with Gasteiger partial charge in [-0.3, -0.25) is 0 Å². The quantitative estimate of drug-likeness (QED) is 0.389. The lowest BCUT2D eigenvalue weighted by Gasteiger charge is -2.15. The van der Waals surface area contributed by atoms with Crippen molar-refractivity contribution in [2.75, 3.05) is 5.73 Å². The summed E-state index contributed by atoms with van der Waals surface area (Å²) in [5, 5.41) is 9.74. The van der Waals surface area contributed by atoms with E-state index in [1.165, 1.54) is 0 Å². The molecule has 0 aliphatic rings. The highest BCUT2D eigenvalue weighted by Gasteiger charge is 2.14. The maximum Gasteiger partial charge on any atom is 0.143 e. The molecular weight excluding hydrogens is 176 g/mol. The van der Waals surface area contributed by atoms with Gasteiger partial charge in [0.2, 0.25) is 0 Å². The van der Waals surface area contributed by atoms with E-state index in [0.29, 0.717) is 17.7 Å². The summed E-state index contributed by atoms with van der Waals surface area (Å²) in [5.41, 5.74) is 13.5. The minimum Gasteiger partial charge on any atom is -0.505 e. The topological polar surface area (TPSA) is 72.3 Å². The summed E-state index contributed by atoms with van der Waals surface area (Å²) in [4.78, 5) is 0. The van der Waals surface area contributed by atoms with E-state index in [1.54, 1.807) is 12.1 Å². The Kier molecular flexibility index (Phi) is 3.14. The number of benzene rings is 1. The van der Waals surface area contributed by atoms with Crippen molar-refractivity contribution in [2.24, 2.45) is 5.73 Å². The van der Waals surface area contributed by atoms with Gasteiger partial charge >= 0.3 is 0 Å². The first-order valence-electron chi connectivity index (χ1n) is 4.52. The smallest absolute Gasteiger partial charge is 0.143 e. The summed E-state index contributed by atoms with van der Waals surface area (Å²) in [7, 11) is 0. The molecule has 0 saturated heterocycles. The number of nitrogens with two attached hydrogens (primary N) is 2. The molecule has 0 saturated carbocycles. The van der Waals surface area contributed by atoms with Crippen LogP contribution in [0, 0.1) is 6.92 Å². The van der Waals surface area contributed by atoms with Crippen molar-refractivity contribution in [3.63, 3.8) is 0 Å². The maximum absolute atomic E-state index is 9.74. The van der Waals surface area contributed by atoms with Crippen LogP contribution in [0.2, 0.25) is 0 Å². The van der Waals surface area contributed by atoms with Crippen LogP contribution >= 0.6 is 0 Å². The number of phenolic OH excluding ortho intramolecular Hbond substituents is 1. The van der Waals surface area contributed by atoms with E-state index in [0.717, 1.165) is 5.56 Å². The molecule has 1 aromatic rings. The summed E-state index contributed by atoms with van der Waals surface area (Å²) in [6.07, 6.45) is 2.35. The standard InChI is InChI=1S/C11H16N2O/c1-3-4-8(12)10-7(2)5-6-9(13)11(10)14/h3,5-6,8,14H,1,4,12-13H2,2H3/t8-/m0/s1. The molecule has 76 valence electrons. The van der Waals surface area contributed by atoms with Gasteiger partial charge in [-0.15, -0.1) is 6.58 Å². The van der Waals surface area contributed by atoms with Crippen LogP contribution < -0.4 is 11.5 Å². The van der Waals surface area contributed by atoms with E-state index >= 15 is 0 Å². The number of aryl methyl sites for hydroxylation is 1. The molecule has 0 aromatic heterocycles. The Balaban J connectivity index is 3.17. The zero-order valence-electron chi connectivity index (χ0n) is 8.33. The van der Waals surface area contributed by atoms with Crippen molar-refractivity contribution in [1.29, 1.82) is 0 Å². The monoisotopic (exact) mass is 192 g/mol. The van der Waals surface area contributed by atoms with Crippen molar-refractivity contribution >= 4 is 5.69 Å². The molecule has 0 radical (unpaired) electrons. The van der Waals surface area contributed by atoms with Crippen molar-refractivity contribution in [3.05, 3.63) is 35.9 Å². The molecule has 0 heterocycles. The fraction of sp³-hybridized carbons (Fsp3) is 0.273. The lowest BCUT2D eigenvalue weighted by molar-refractivity contribution is 0.463. The van der Waals surface area contributed by atoms with Crippen LogP contribution in [-0.2, 0) is 0 Å². The molecular formula is C11H16N2O. The number of phenols is 1. The van der Waals surface area contributed by atoms with E-state index in [9.17, 15) is 5.11 Å². The predicted octanol–water partition coefficient (Wildman–Crippen LogP) is 1.86. The predicted molar refractivity (Wildman–Crippen MR) is 59.0 cm³/mol. The molecule has 1 aromatic carbocycles. The van der Waals surface area contributed by atoms with Gasteiger partial charge in [0.1, 0.15) is 5.75 Å². The van der Waals surface area contributed by atoms with Crippen LogP contribution in [0.15, 0.2) is 24.8 Å². The first kappa shape index (κ1) is 10.6. The fourth-order valence-electron chi connectivity index (χ4n) is 1.49. The Labute approximate surface area is 84.0 Å². The van der Waals surface area contributed by atoms with Crippen molar-refractivity contribution < 1.29 is 5.11 Å². The molecule has 0 aliphatic heterocycles. The zero-order chi connectivity index (χ0) is 10.7. The second-order valence-corrected chi connectivity index (χ2v) is 3.36. The Morgan fingerprint density at radius 3 is 2.79 bits per heavy atom. The van der Waals surface area contributed by atoms with Gasteiger partial charge in [-0.2, -0.15) is 0 Å². The molecule has 1 rings (SSSR count). The fourth-order valence-corrected chi connectivity index (χ4v) is 1.49. The Bertz CT molecular complexity index is 347. The third-order valence-electron chi connectivity index (χ3n) is 2.26. The molecule has 0 unspecified atom stereocenters. The first-order chi connectivity index (χ1) is 6.57. The molecule has 0 bridgehead atoms. The van der Waals surface area contributed by atoms with E-state index in [1.807, 2.05) is 13.0 Å². The zero-order valence-corrected chi connectivity index (χ0v) is 8.33. The van der Waals surface area contributed by atoms with Crippen LogP contribution in [0.1, 0.15) is 23.6 Å². The number of anilines is 1. The Hall–Kier alpha value is -1.48. The average Bonchev–Trinajstić information content (AvgIpc) is 2.13. The molecule has 3 heteroatoms. The highest BCUT2D eigenvalue weighted by atomic mass is 16.3. The van der Waals surface area contributed by atoms with Crippen molar-refractivity contribution in [2.45, 2.75) is 19.4 Å². The van der Waals surface area contributed by atoms with Crippen LogP contribution in [0.5, 0.6) is 5.75 Å². The van der Waals surface area contributed by atoms with Crippen molar-refractivity contribution in [1.82, 2.24) is 0 Å². The van der Waals surface area contributed by atoms with Crippen LogP contribution in [0.25, 0.3) is 0 Å². The molecule has 5 N–H and O–H groups in total. The third kappa shape index (κ3) is 1.88. The van der Waals surface area contributed by atoms with Crippen LogP contribution in [-0.4, -0.2) is 5.11 Å². The molecule has 0 spiro atoms. The highest BCUT2D eigenvalue weighted by Crippen LogP contribution is 2.33. The summed E-state index contributed by atoms with van der Waals surface area (Å²) in [5.74, 6) is 0.0966. The van der Waals surface area contributed by atoms with Gasteiger partial charge in [0.05, 0.1) is 5.69 Å². The van der Waals surface area contributed by atoms with Gasteiger partial charge < -0.3 is 16.6 Å². The van der Waals surface area contributed by atoms with E-state index in [-0.39, 0.29) is 11.8 Å². The van der Waals surface area contributed by atoms with Gasteiger partial charge in [0.15, 0.2) is 0 Å². The Morgan fingerprint density at radius 2 is 2.21 bits per heavy atom. The molecule has 0 fully saturated rings. The van der Waals surface area contributed by atoms with Gasteiger partial charge in [-0.25, -0.2) is 0 Å². The van der Waals surface area contributed by atoms with Gasteiger partial charge in [0, 0.05) is 11.6 Å². The third-order valence-corrected chi connectivity index (χ3v) is 2.26. The lowest BCUT2D eigenvalue weighted by atomic mass is 9.97. The van der Waals surface area contributed by atoms with E-state index < -0.39 is 0 Å². The first-order valence-corrected chi connectivity index (χ1v) is 4.52. The summed E-state index contributed by atoms with van der Waals surface area (Å²) in [6, 6.07) is 3.29.